The van der Waals surface area contributed by atoms with Gasteiger partial charge in [0.05, 0.1) is 26.4 Å². The van der Waals surface area contributed by atoms with Crippen LogP contribution in [0.25, 0.3) is 0 Å². The van der Waals surface area contributed by atoms with Crippen LogP contribution >= 0.6 is 15.6 Å². The van der Waals surface area contributed by atoms with Crippen LogP contribution in [0.1, 0.15) is 304 Å². The normalized spacial score (nSPS) is 14.3. The van der Waals surface area contributed by atoms with Crippen molar-refractivity contribution < 1.29 is 80.2 Å². The number of hydrogen-bond acceptors (Lipinski definition) is 15. The van der Waals surface area contributed by atoms with Gasteiger partial charge in [-0.05, 0) is 31.6 Å². The number of carbonyl (C=O) groups excluding carboxylic acids is 4. The lowest BCUT2D eigenvalue weighted by Crippen LogP contribution is -2.30. The minimum atomic E-state index is -4.94. The highest BCUT2D eigenvalue weighted by Gasteiger charge is 2.30. The van der Waals surface area contributed by atoms with Gasteiger partial charge in [0.2, 0.25) is 0 Å². The minimum Gasteiger partial charge on any atom is -0.462 e. The van der Waals surface area contributed by atoms with E-state index in [4.69, 9.17) is 37.0 Å². The molecule has 19 heteroatoms. The molecular weight excluding hydrogens is 1070 g/mol. The Morgan fingerprint density at radius 3 is 0.850 bits per heavy atom. The molecular formula is C61H118O17P2. The van der Waals surface area contributed by atoms with Crippen LogP contribution in [0.4, 0.5) is 0 Å². The van der Waals surface area contributed by atoms with Crippen LogP contribution in [0.15, 0.2) is 0 Å². The average Bonchev–Trinajstić information content (AvgIpc) is 3.42. The van der Waals surface area contributed by atoms with Crippen molar-refractivity contribution in [3.63, 3.8) is 0 Å². The molecule has 0 radical (unpaired) electrons. The zero-order valence-corrected chi connectivity index (χ0v) is 53.0. The maximum atomic E-state index is 12.9. The summed E-state index contributed by atoms with van der Waals surface area (Å²) in [6, 6.07) is 0. The molecule has 5 atom stereocenters. The van der Waals surface area contributed by atoms with E-state index in [1.165, 1.54) is 122 Å². The van der Waals surface area contributed by atoms with E-state index in [1.54, 1.807) is 0 Å². The lowest BCUT2D eigenvalue weighted by molar-refractivity contribution is -0.161. The number of aliphatic hydroxyl groups is 1. The summed E-state index contributed by atoms with van der Waals surface area (Å²) in [5, 5.41) is 10.5. The second kappa shape index (κ2) is 55.0. The van der Waals surface area contributed by atoms with Gasteiger partial charge in [0.25, 0.3) is 0 Å². The van der Waals surface area contributed by atoms with Crippen molar-refractivity contribution in [2.75, 3.05) is 39.6 Å². The molecule has 0 aliphatic rings. The average molecular weight is 1190 g/mol. The second-order valence-corrected chi connectivity index (χ2v) is 25.5. The summed E-state index contributed by atoms with van der Waals surface area (Å²) in [5.74, 6) is -1.48. The molecule has 0 aromatic carbocycles. The monoisotopic (exact) mass is 1180 g/mol. The summed E-state index contributed by atoms with van der Waals surface area (Å²) in [6.45, 7) is 6.99. The summed E-state index contributed by atoms with van der Waals surface area (Å²) in [5.41, 5.74) is 0. The molecule has 0 aliphatic carbocycles. The SMILES string of the molecule is CCCCCCCCCCCCCCCCCC(=O)O[C@H](COC(=O)CCCCCCCCCCCCC)COP(=O)(O)OC[C@@H](O)COP(=O)(O)OC[C@@H](COC(=O)CCCCCCC)OC(=O)CCCCCCCCC(C)C. The zero-order valence-electron chi connectivity index (χ0n) is 51.2. The van der Waals surface area contributed by atoms with Gasteiger partial charge < -0.3 is 33.8 Å². The standard InChI is InChI=1S/C61H118O17P2/c1-6-9-12-15-17-19-21-22-23-24-26-28-30-36-41-46-60(65)77-57(51-72-59(64)45-40-35-29-27-25-20-18-16-13-10-7-2)53-76-80(69,70)74-49-55(62)48-73-79(67,68)75-52-56(50-71-58(63)44-39-33-14-11-8-3)78-61(66)47-42-37-32-31-34-38-43-54(4)5/h54-57,62H,6-53H2,1-5H3,(H,67,68)(H,69,70)/t55-,56+,57+/m0/s1. The molecule has 2 unspecified atom stereocenters. The topological polar surface area (TPSA) is 237 Å². The summed E-state index contributed by atoms with van der Waals surface area (Å²) in [6.07, 6.45) is 38.0. The Kier molecular flexibility index (Phi) is 53.6. The van der Waals surface area contributed by atoms with Crippen molar-refractivity contribution in [2.24, 2.45) is 5.92 Å². The third-order valence-electron chi connectivity index (χ3n) is 14.0. The molecule has 80 heavy (non-hydrogen) atoms. The molecule has 0 aromatic rings. The van der Waals surface area contributed by atoms with Crippen LogP contribution < -0.4 is 0 Å². The highest BCUT2D eigenvalue weighted by Crippen LogP contribution is 2.45. The molecule has 0 saturated heterocycles. The number of rotatable bonds is 61. The van der Waals surface area contributed by atoms with Gasteiger partial charge in [-0.3, -0.25) is 37.3 Å². The Hall–Kier alpha value is -1.94. The van der Waals surface area contributed by atoms with E-state index in [0.717, 1.165) is 96.3 Å². The Morgan fingerprint density at radius 1 is 0.338 bits per heavy atom. The quantitative estimate of drug-likeness (QED) is 0.0222. The van der Waals surface area contributed by atoms with Gasteiger partial charge in [-0.25, -0.2) is 9.13 Å². The number of unbranched alkanes of at least 4 members (excludes halogenated alkanes) is 33. The van der Waals surface area contributed by atoms with Gasteiger partial charge in [0, 0.05) is 25.7 Å². The van der Waals surface area contributed by atoms with Crippen LogP contribution in [0.5, 0.6) is 0 Å². The molecule has 0 saturated carbocycles. The molecule has 0 heterocycles. The first-order valence-corrected chi connectivity index (χ1v) is 35.1. The number of carbonyl (C=O) groups is 4. The van der Waals surface area contributed by atoms with Crippen molar-refractivity contribution in [3.8, 4) is 0 Å². The number of hydrogen-bond donors (Lipinski definition) is 3. The number of phosphoric acid groups is 2. The fraction of sp³-hybridized carbons (Fsp3) is 0.934. The van der Waals surface area contributed by atoms with Gasteiger partial charge in [-0.1, -0.05) is 253 Å². The van der Waals surface area contributed by atoms with E-state index < -0.39 is 97.5 Å². The molecule has 0 amide bonds. The van der Waals surface area contributed by atoms with E-state index >= 15 is 0 Å². The van der Waals surface area contributed by atoms with Crippen LogP contribution in [0.2, 0.25) is 0 Å². The number of esters is 4. The van der Waals surface area contributed by atoms with Crippen molar-refractivity contribution in [1.29, 1.82) is 0 Å². The van der Waals surface area contributed by atoms with Gasteiger partial charge in [-0.15, -0.1) is 0 Å². The van der Waals surface area contributed by atoms with Gasteiger partial charge in [0.15, 0.2) is 12.2 Å². The largest absolute Gasteiger partial charge is 0.472 e. The van der Waals surface area contributed by atoms with E-state index in [0.29, 0.717) is 31.6 Å². The van der Waals surface area contributed by atoms with Crippen LogP contribution in [-0.2, 0) is 65.4 Å². The predicted molar refractivity (Wildman–Crippen MR) is 317 cm³/mol. The van der Waals surface area contributed by atoms with Crippen molar-refractivity contribution >= 4 is 39.5 Å². The first kappa shape index (κ1) is 78.1. The molecule has 474 valence electrons. The molecule has 0 aromatic heterocycles. The van der Waals surface area contributed by atoms with E-state index in [2.05, 4.69) is 34.6 Å². The van der Waals surface area contributed by atoms with Gasteiger partial charge in [0.1, 0.15) is 19.3 Å². The first-order chi connectivity index (χ1) is 38.5. The maximum Gasteiger partial charge on any atom is 0.472 e. The lowest BCUT2D eigenvalue weighted by Gasteiger charge is -2.21. The second-order valence-electron chi connectivity index (χ2n) is 22.6. The Bertz CT molecular complexity index is 1570. The summed E-state index contributed by atoms with van der Waals surface area (Å²) >= 11 is 0. The highest BCUT2D eigenvalue weighted by atomic mass is 31.2. The highest BCUT2D eigenvalue weighted by molar-refractivity contribution is 7.47. The molecule has 0 rings (SSSR count). The molecule has 0 aliphatic heterocycles. The predicted octanol–water partition coefficient (Wildman–Crippen LogP) is 16.6. The van der Waals surface area contributed by atoms with Gasteiger partial charge in [-0.2, -0.15) is 0 Å². The summed E-state index contributed by atoms with van der Waals surface area (Å²) in [4.78, 5) is 71.8. The van der Waals surface area contributed by atoms with Crippen molar-refractivity contribution in [1.82, 2.24) is 0 Å². The van der Waals surface area contributed by atoms with Crippen LogP contribution in [0, 0.1) is 5.92 Å². The molecule has 3 N–H and O–H groups in total. The lowest BCUT2D eigenvalue weighted by atomic mass is 10.0. The van der Waals surface area contributed by atoms with Crippen molar-refractivity contribution in [2.45, 2.75) is 323 Å². The Balaban J connectivity index is 5.17. The Labute approximate surface area is 486 Å². The van der Waals surface area contributed by atoms with Crippen LogP contribution in [-0.4, -0.2) is 96.7 Å². The summed E-state index contributed by atoms with van der Waals surface area (Å²) < 4.78 is 67.6. The third kappa shape index (κ3) is 55.3. The minimum absolute atomic E-state index is 0.101. The molecule has 0 spiro atoms. The number of phosphoric ester groups is 2. The first-order valence-electron chi connectivity index (χ1n) is 32.1. The zero-order chi connectivity index (χ0) is 59.2. The smallest absolute Gasteiger partial charge is 0.462 e. The number of ether oxygens (including phenoxy) is 4. The Morgan fingerprint density at radius 2 is 0.575 bits per heavy atom. The fourth-order valence-corrected chi connectivity index (χ4v) is 10.6. The van der Waals surface area contributed by atoms with Crippen molar-refractivity contribution in [3.05, 3.63) is 0 Å². The van der Waals surface area contributed by atoms with E-state index in [1.807, 2.05) is 0 Å². The number of aliphatic hydroxyl groups excluding tert-OH is 1. The van der Waals surface area contributed by atoms with Gasteiger partial charge >= 0.3 is 39.5 Å². The molecule has 17 nitrogen and oxygen atoms in total. The van der Waals surface area contributed by atoms with Crippen LogP contribution in [0.3, 0.4) is 0 Å². The maximum absolute atomic E-state index is 12.9. The molecule has 0 fully saturated rings. The molecule has 0 bridgehead atoms. The van der Waals surface area contributed by atoms with E-state index in [-0.39, 0.29) is 25.7 Å². The third-order valence-corrected chi connectivity index (χ3v) is 15.9. The van der Waals surface area contributed by atoms with E-state index in [9.17, 15) is 43.2 Å². The summed E-state index contributed by atoms with van der Waals surface area (Å²) in [7, 11) is -9.87. The fourth-order valence-electron chi connectivity index (χ4n) is 9.05.